The smallest absolute Gasteiger partial charge is 0.265 e. The summed E-state index contributed by atoms with van der Waals surface area (Å²) in [7, 11) is 0. The lowest BCUT2D eigenvalue weighted by Crippen LogP contribution is -2.42. The van der Waals surface area contributed by atoms with Gasteiger partial charge in [-0.25, -0.2) is 0 Å². The van der Waals surface area contributed by atoms with Crippen molar-refractivity contribution >= 4 is 23.4 Å². The van der Waals surface area contributed by atoms with E-state index in [-0.39, 0.29) is 49.9 Å². The summed E-state index contributed by atoms with van der Waals surface area (Å²) in [5.74, 6) is 0.0284. The number of carbonyl (C=O) groups excluding carboxylic acids is 3. The van der Waals surface area contributed by atoms with Crippen LogP contribution in [0.15, 0.2) is 24.3 Å². The third kappa shape index (κ3) is 4.00. The monoisotopic (exact) mass is 317 g/mol. The van der Waals surface area contributed by atoms with E-state index >= 15 is 0 Å². The van der Waals surface area contributed by atoms with Gasteiger partial charge in [0, 0.05) is 19.0 Å². The molecular formula is C16H19N3O4. The number of nitrogens with one attached hydrogen (secondary N) is 2. The molecule has 23 heavy (non-hydrogen) atoms. The average molecular weight is 317 g/mol. The highest BCUT2D eigenvalue weighted by Gasteiger charge is 2.26. The molecule has 1 heterocycles. The zero-order chi connectivity index (χ0) is 16.2. The number of rotatable bonds is 6. The van der Waals surface area contributed by atoms with E-state index in [0.29, 0.717) is 11.4 Å². The van der Waals surface area contributed by atoms with Gasteiger partial charge in [0.05, 0.1) is 12.2 Å². The summed E-state index contributed by atoms with van der Waals surface area (Å²) in [5.41, 5.74) is 0.669. The molecule has 0 atom stereocenters. The molecule has 0 radical (unpaired) electrons. The Bertz CT molecular complexity index is 628. The first-order chi connectivity index (χ1) is 11.1. The lowest BCUT2D eigenvalue weighted by atomic mass is 10.2. The zero-order valence-electron chi connectivity index (χ0n) is 12.7. The first kappa shape index (κ1) is 15.3. The topological polar surface area (TPSA) is 87.7 Å². The molecule has 2 N–H and O–H groups in total. The minimum atomic E-state index is -0.257. The Morgan fingerprint density at radius 3 is 2.78 bits per heavy atom. The van der Waals surface area contributed by atoms with E-state index in [1.807, 2.05) is 12.1 Å². The van der Waals surface area contributed by atoms with E-state index in [9.17, 15) is 14.4 Å². The minimum absolute atomic E-state index is 0.0248. The van der Waals surface area contributed by atoms with Crippen molar-refractivity contribution in [2.75, 3.05) is 24.6 Å². The maximum Gasteiger partial charge on any atom is 0.265 e. The predicted molar refractivity (Wildman–Crippen MR) is 83.1 cm³/mol. The summed E-state index contributed by atoms with van der Waals surface area (Å²) in [5, 5.41) is 5.37. The number of amides is 3. The standard InChI is InChI=1S/C16H19N3O4/c20-14(17-9-15(21)18-11-5-6-11)7-8-19-12-3-1-2-4-13(12)23-10-16(19)22/h1-4,11H,5-10H2,(H,17,20)(H,18,21). The second-order valence-corrected chi connectivity index (χ2v) is 5.67. The van der Waals surface area contributed by atoms with Crippen LogP contribution in [0, 0.1) is 0 Å². The molecule has 7 nitrogen and oxygen atoms in total. The van der Waals surface area contributed by atoms with Gasteiger partial charge in [-0.15, -0.1) is 0 Å². The van der Waals surface area contributed by atoms with Gasteiger partial charge >= 0.3 is 0 Å². The first-order valence-corrected chi connectivity index (χ1v) is 7.72. The van der Waals surface area contributed by atoms with Crippen LogP contribution in [-0.2, 0) is 14.4 Å². The van der Waals surface area contributed by atoms with Crippen LogP contribution >= 0.6 is 0 Å². The average Bonchev–Trinajstić information content (AvgIpc) is 3.36. The molecule has 0 saturated heterocycles. The van der Waals surface area contributed by atoms with Gasteiger partial charge in [-0.2, -0.15) is 0 Å². The molecule has 0 bridgehead atoms. The Balaban J connectivity index is 1.48. The molecule has 7 heteroatoms. The van der Waals surface area contributed by atoms with Gasteiger partial charge in [-0.3, -0.25) is 14.4 Å². The van der Waals surface area contributed by atoms with E-state index < -0.39 is 0 Å². The zero-order valence-corrected chi connectivity index (χ0v) is 12.7. The van der Waals surface area contributed by atoms with Crippen LogP contribution in [0.25, 0.3) is 0 Å². The maximum atomic E-state index is 12.0. The second-order valence-electron chi connectivity index (χ2n) is 5.67. The fraction of sp³-hybridized carbons (Fsp3) is 0.438. The van der Waals surface area contributed by atoms with Crippen molar-refractivity contribution in [1.29, 1.82) is 0 Å². The van der Waals surface area contributed by atoms with Crippen molar-refractivity contribution in [1.82, 2.24) is 10.6 Å². The first-order valence-electron chi connectivity index (χ1n) is 7.72. The summed E-state index contributed by atoms with van der Waals surface area (Å²) in [6, 6.07) is 7.50. The number of nitrogens with zero attached hydrogens (tertiary/aromatic N) is 1. The van der Waals surface area contributed by atoms with Crippen LogP contribution < -0.4 is 20.3 Å². The Kier molecular flexibility index (Phi) is 4.45. The molecule has 1 aliphatic heterocycles. The van der Waals surface area contributed by atoms with Crippen molar-refractivity contribution in [3.8, 4) is 5.75 Å². The van der Waals surface area contributed by atoms with Crippen LogP contribution in [0.1, 0.15) is 19.3 Å². The Labute approximate surface area is 134 Å². The van der Waals surface area contributed by atoms with E-state index in [0.717, 1.165) is 12.8 Å². The summed E-state index contributed by atoms with van der Waals surface area (Å²) in [6.07, 6.45) is 2.16. The molecule has 1 saturated carbocycles. The number of hydrogen-bond acceptors (Lipinski definition) is 4. The van der Waals surface area contributed by atoms with E-state index in [4.69, 9.17) is 4.74 Å². The molecule has 0 aromatic heterocycles. The molecule has 2 aliphatic rings. The molecule has 1 fully saturated rings. The largest absolute Gasteiger partial charge is 0.482 e. The minimum Gasteiger partial charge on any atom is -0.482 e. The van der Waals surface area contributed by atoms with Crippen molar-refractivity contribution in [2.24, 2.45) is 0 Å². The number of hydrogen-bond donors (Lipinski definition) is 2. The van der Waals surface area contributed by atoms with E-state index in [1.165, 1.54) is 0 Å². The van der Waals surface area contributed by atoms with Gasteiger partial charge in [-0.05, 0) is 25.0 Å². The Morgan fingerprint density at radius 1 is 1.22 bits per heavy atom. The molecular weight excluding hydrogens is 298 g/mol. The number of para-hydroxylation sites is 2. The highest BCUT2D eigenvalue weighted by molar-refractivity contribution is 5.98. The lowest BCUT2D eigenvalue weighted by molar-refractivity contribution is -0.126. The summed E-state index contributed by atoms with van der Waals surface area (Å²) >= 11 is 0. The van der Waals surface area contributed by atoms with Crippen molar-refractivity contribution in [2.45, 2.75) is 25.3 Å². The van der Waals surface area contributed by atoms with Crippen LogP contribution in [0.2, 0.25) is 0 Å². The number of carbonyl (C=O) groups is 3. The molecule has 1 aliphatic carbocycles. The van der Waals surface area contributed by atoms with Gasteiger partial charge in [-0.1, -0.05) is 12.1 Å². The highest BCUT2D eigenvalue weighted by Crippen LogP contribution is 2.31. The molecule has 122 valence electrons. The SMILES string of the molecule is O=C(CCN1C(=O)COc2ccccc21)NCC(=O)NC1CC1. The number of fused-ring (bicyclic) bond motifs is 1. The summed E-state index contributed by atoms with van der Waals surface area (Å²) in [6.45, 7) is 0.209. The molecule has 1 aromatic carbocycles. The van der Waals surface area contributed by atoms with Crippen molar-refractivity contribution < 1.29 is 19.1 Å². The van der Waals surface area contributed by atoms with Gasteiger partial charge < -0.3 is 20.3 Å². The van der Waals surface area contributed by atoms with Crippen molar-refractivity contribution in [3.05, 3.63) is 24.3 Å². The Hall–Kier alpha value is -2.57. The second kappa shape index (κ2) is 6.68. The Morgan fingerprint density at radius 2 is 2.00 bits per heavy atom. The third-order valence-corrected chi connectivity index (χ3v) is 3.76. The fourth-order valence-corrected chi connectivity index (χ4v) is 2.39. The number of benzene rings is 1. The lowest BCUT2D eigenvalue weighted by Gasteiger charge is -2.29. The quantitative estimate of drug-likeness (QED) is 0.784. The van der Waals surface area contributed by atoms with Gasteiger partial charge in [0.2, 0.25) is 11.8 Å². The van der Waals surface area contributed by atoms with Gasteiger partial charge in [0.25, 0.3) is 5.91 Å². The number of ether oxygens (including phenoxy) is 1. The van der Waals surface area contributed by atoms with E-state index in [1.54, 1.807) is 17.0 Å². The summed E-state index contributed by atoms with van der Waals surface area (Å²) in [4.78, 5) is 36.9. The van der Waals surface area contributed by atoms with Crippen molar-refractivity contribution in [3.63, 3.8) is 0 Å². The molecule has 3 amide bonds. The summed E-state index contributed by atoms with van der Waals surface area (Å²) < 4.78 is 5.35. The number of anilines is 1. The van der Waals surface area contributed by atoms with Crippen LogP contribution in [0.3, 0.4) is 0 Å². The molecule has 1 aromatic rings. The van der Waals surface area contributed by atoms with E-state index in [2.05, 4.69) is 10.6 Å². The van der Waals surface area contributed by atoms with Gasteiger partial charge in [0.1, 0.15) is 5.75 Å². The van der Waals surface area contributed by atoms with Crippen LogP contribution in [-0.4, -0.2) is 43.5 Å². The highest BCUT2D eigenvalue weighted by atomic mass is 16.5. The fourth-order valence-electron chi connectivity index (χ4n) is 2.39. The predicted octanol–water partition coefficient (Wildman–Crippen LogP) is 0.197. The van der Waals surface area contributed by atoms with Gasteiger partial charge in [0.15, 0.2) is 6.61 Å². The third-order valence-electron chi connectivity index (χ3n) is 3.76. The molecule has 0 unspecified atom stereocenters. The normalized spacial score (nSPS) is 16.3. The maximum absolute atomic E-state index is 12.0. The van der Waals surface area contributed by atoms with Crippen LogP contribution in [0.5, 0.6) is 5.75 Å². The van der Waals surface area contributed by atoms with Crippen LogP contribution in [0.4, 0.5) is 5.69 Å². The molecule has 0 spiro atoms. The molecule has 3 rings (SSSR count).